The third-order valence-electron chi connectivity index (χ3n) is 2.08. The van der Waals surface area contributed by atoms with Crippen molar-refractivity contribution in [1.29, 1.82) is 0 Å². The number of halogens is 2. The van der Waals surface area contributed by atoms with Crippen molar-refractivity contribution in [1.82, 2.24) is 5.32 Å². The maximum absolute atomic E-state index is 5.93. The van der Waals surface area contributed by atoms with Crippen LogP contribution in [0.3, 0.4) is 0 Å². The van der Waals surface area contributed by atoms with Crippen LogP contribution in [0.1, 0.15) is 11.1 Å². The highest BCUT2D eigenvalue weighted by atomic mass is 127. The van der Waals surface area contributed by atoms with Crippen molar-refractivity contribution < 1.29 is 0 Å². The summed E-state index contributed by atoms with van der Waals surface area (Å²) in [4.78, 5) is 4.20. The first-order chi connectivity index (χ1) is 7.63. The molecule has 94 valence electrons. The van der Waals surface area contributed by atoms with E-state index in [2.05, 4.69) is 16.9 Å². The maximum Gasteiger partial charge on any atom is 0.189 e. The van der Waals surface area contributed by atoms with Gasteiger partial charge in [0.2, 0.25) is 0 Å². The van der Waals surface area contributed by atoms with Gasteiger partial charge in [-0.05, 0) is 24.1 Å². The van der Waals surface area contributed by atoms with Gasteiger partial charge in [-0.25, -0.2) is 4.99 Å². The Kier molecular flexibility index (Phi) is 7.99. The van der Waals surface area contributed by atoms with Crippen LogP contribution in [0.4, 0.5) is 0 Å². The fraction of sp³-hybridized carbons (Fsp3) is 0.250. The number of aryl methyl sites for hydroxylation is 1. The van der Waals surface area contributed by atoms with E-state index in [1.54, 1.807) is 6.08 Å². The van der Waals surface area contributed by atoms with Crippen LogP contribution in [0, 0.1) is 6.92 Å². The molecule has 3 N–H and O–H groups in total. The third kappa shape index (κ3) is 5.93. The molecule has 1 rings (SSSR count). The highest BCUT2D eigenvalue weighted by Crippen LogP contribution is 2.16. The lowest BCUT2D eigenvalue weighted by atomic mass is 10.1. The molecule has 17 heavy (non-hydrogen) atoms. The molecule has 0 saturated heterocycles. The lowest BCUT2D eigenvalue weighted by Crippen LogP contribution is -2.31. The van der Waals surface area contributed by atoms with Gasteiger partial charge >= 0.3 is 0 Å². The first kappa shape index (κ1) is 16.2. The van der Waals surface area contributed by atoms with Crippen LogP contribution in [0.15, 0.2) is 35.8 Å². The first-order valence-corrected chi connectivity index (χ1v) is 5.41. The van der Waals surface area contributed by atoms with Crippen molar-refractivity contribution in [3.63, 3.8) is 0 Å². The molecule has 0 aromatic heterocycles. The molecule has 5 heteroatoms. The predicted molar refractivity (Wildman–Crippen MR) is 85.1 cm³/mol. The predicted octanol–water partition coefficient (Wildman–Crippen LogP) is 2.86. The number of hydrogen-bond acceptors (Lipinski definition) is 1. The highest BCUT2D eigenvalue weighted by molar-refractivity contribution is 14.0. The molecular formula is C12H17ClIN3. The topological polar surface area (TPSA) is 50.4 Å². The zero-order valence-corrected chi connectivity index (χ0v) is 12.8. The Bertz CT molecular complexity index is 405. The third-order valence-corrected chi connectivity index (χ3v) is 2.51. The molecular weight excluding hydrogens is 349 g/mol. The lowest BCUT2D eigenvalue weighted by Gasteiger charge is -2.04. The fourth-order valence-electron chi connectivity index (χ4n) is 1.21. The Morgan fingerprint density at radius 1 is 1.59 bits per heavy atom. The lowest BCUT2D eigenvalue weighted by molar-refractivity contribution is 0.969. The van der Waals surface area contributed by atoms with Crippen LogP contribution in [-0.2, 0) is 6.54 Å². The van der Waals surface area contributed by atoms with Gasteiger partial charge in [-0.1, -0.05) is 29.8 Å². The number of nitrogens with one attached hydrogen (secondary N) is 1. The molecule has 0 bridgehead atoms. The summed E-state index contributed by atoms with van der Waals surface area (Å²) < 4.78 is 0. The van der Waals surface area contributed by atoms with Crippen molar-refractivity contribution in [2.24, 2.45) is 10.7 Å². The van der Waals surface area contributed by atoms with Gasteiger partial charge in [0.25, 0.3) is 0 Å². The van der Waals surface area contributed by atoms with Crippen LogP contribution >= 0.6 is 35.6 Å². The Labute approximate surface area is 124 Å². The fourth-order valence-corrected chi connectivity index (χ4v) is 1.33. The van der Waals surface area contributed by atoms with E-state index in [9.17, 15) is 0 Å². The van der Waals surface area contributed by atoms with E-state index in [1.807, 2.05) is 25.1 Å². The molecule has 3 nitrogen and oxygen atoms in total. The van der Waals surface area contributed by atoms with Crippen molar-refractivity contribution >= 4 is 41.5 Å². The van der Waals surface area contributed by atoms with Gasteiger partial charge in [-0.3, -0.25) is 0 Å². The summed E-state index contributed by atoms with van der Waals surface area (Å²) >= 11 is 5.93. The second-order valence-electron chi connectivity index (χ2n) is 3.45. The van der Waals surface area contributed by atoms with Crippen LogP contribution in [0.2, 0.25) is 5.02 Å². The molecule has 0 aliphatic carbocycles. The number of nitrogens with zero attached hydrogens (tertiary/aromatic N) is 1. The summed E-state index contributed by atoms with van der Waals surface area (Å²) in [5, 5.41) is 3.68. The largest absolute Gasteiger partial charge is 0.370 e. The molecule has 0 amide bonds. The van der Waals surface area contributed by atoms with Gasteiger partial charge in [0.15, 0.2) is 5.96 Å². The number of hydrogen-bond donors (Lipinski definition) is 2. The molecule has 0 saturated carbocycles. The zero-order chi connectivity index (χ0) is 12.0. The Morgan fingerprint density at radius 2 is 2.29 bits per heavy atom. The second-order valence-corrected chi connectivity index (χ2v) is 3.86. The van der Waals surface area contributed by atoms with E-state index in [-0.39, 0.29) is 24.0 Å². The average molecular weight is 366 g/mol. The van der Waals surface area contributed by atoms with Gasteiger partial charge in [0.05, 0.1) is 6.54 Å². The van der Waals surface area contributed by atoms with Gasteiger partial charge in [0, 0.05) is 11.6 Å². The molecule has 0 unspecified atom stereocenters. The molecule has 0 spiro atoms. The number of aliphatic imine (C=N–C) groups is 1. The van der Waals surface area contributed by atoms with Crippen molar-refractivity contribution in [2.45, 2.75) is 13.5 Å². The second kappa shape index (κ2) is 8.36. The smallest absolute Gasteiger partial charge is 0.189 e. The molecule has 0 aliphatic heterocycles. The highest BCUT2D eigenvalue weighted by Gasteiger charge is 1.97. The van der Waals surface area contributed by atoms with E-state index in [4.69, 9.17) is 17.3 Å². The number of nitrogens with two attached hydrogens (primary N) is 1. The van der Waals surface area contributed by atoms with Gasteiger partial charge in [-0.15, -0.1) is 30.6 Å². The summed E-state index contributed by atoms with van der Waals surface area (Å²) in [6.07, 6.45) is 1.73. The molecule has 1 aromatic rings. The summed E-state index contributed by atoms with van der Waals surface area (Å²) in [5.74, 6) is 0.424. The van der Waals surface area contributed by atoms with Crippen LogP contribution in [-0.4, -0.2) is 12.5 Å². The Hall–Kier alpha value is -0.750. The number of guanidine groups is 1. The van der Waals surface area contributed by atoms with Gasteiger partial charge in [-0.2, -0.15) is 0 Å². The van der Waals surface area contributed by atoms with Crippen LogP contribution in [0.25, 0.3) is 0 Å². The summed E-state index contributed by atoms with van der Waals surface area (Å²) in [6.45, 7) is 6.72. The maximum atomic E-state index is 5.93. The van der Waals surface area contributed by atoms with E-state index in [1.165, 1.54) is 0 Å². The van der Waals surface area contributed by atoms with Gasteiger partial charge in [0.1, 0.15) is 0 Å². The monoisotopic (exact) mass is 365 g/mol. The summed E-state index contributed by atoms with van der Waals surface area (Å²) in [7, 11) is 0. The minimum Gasteiger partial charge on any atom is -0.370 e. The summed E-state index contributed by atoms with van der Waals surface area (Å²) in [5.41, 5.74) is 7.78. The minimum absolute atomic E-state index is 0. The SMILES string of the molecule is C=CCNC(N)=NCc1ccc(Cl)c(C)c1.I. The molecule has 1 aromatic carbocycles. The molecule has 0 atom stereocenters. The molecule has 0 radical (unpaired) electrons. The molecule has 0 heterocycles. The minimum atomic E-state index is 0. The zero-order valence-electron chi connectivity index (χ0n) is 9.74. The van der Waals surface area contributed by atoms with Crippen molar-refractivity contribution in [2.75, 3.05) is 6.54 Å². The summed E-state index contributed by atoms with van der Waals surface area (Å²) in [6, 6.07) is 5.82. The average Bonchev–Trinajstić information content (AvgIpc) is 2.28. The standard InChI is InChI=1S/C12H16ClN3.HI/c1-3-6-15-12(14)16-8-10-4-5-11(13)9(2)7-10;/h3-5,7H,1,6,8H2,2H3,(H3,14,15,16);1H. The van der Waals surface area contributed by atoms with E-state index >= 15 is 0 Å². The molecule has 0 aliphatic rings. The quantitative estimate of drug-likeness (QED) is 0.373. The van der Waals surface area contributed by atoms with E-state index < -0.39 is 0 Å². The number of rotatable bonds is 4. The first-order valence-electron chi connectivity index (χ1n) is 5.03. The van der Waals surface area contributed by atoms with Gasteiger partial charge < -0.3 is 11.1 Å². The van der Waals surface area contributed by atoms with Crippen LogP contribution in [0.5, 0.6) is 0 Å². The van der Waals surface area contributed by atoms with E-state index in [0.29, 0.717) is 19.0 Å². The Morgan fingerprint density at radius 3 is 2.88 bits per heavy atom. The Balaban J connectivity index is 0.00000256. The van der Waals surface area contributed by atoms with Crippen molar-refractivity contribution in [3.8, 4) is 0 Å². The molecule has 0 fully saturated rings. The van der Waals surface area contributed by atoms with Crippen LogP contribution < -0.4 is 11.1 Å². The number of benzene rings is 1. The van der Waals surface area contributed by atoms with Crippen molar-refractivity contribution in [3.05, 3.63) is 47.0 Å². The van der Waals surface area contributed by atoms with E-state index in [0.717, 1.165) is 16.1 Å². The normalized spacial score (nSPS) is 10.6.